The van der Waals surface area contributed by atoms with Gasteiger partial charge in [-0.25, -0.2) is 0 Å². The Morgan fingerprint density at radius 1 is 0.886 bits per heavy atom. The first-order chi connectivity index (χ1) is 17.1. The number of hydrogen-bond donors (Lipinski definition) is 0. The van der Waals surface area contributed by atoms with Crippen molar-refractivity contribution in [3.05, 3.63) is 107 Å². The minimum absolute atomic E-state index is 0.113. The highest BCUT2D eigenvalue weighted by atomic mass is 16.5. The number of hydrogen-bond acceptors (Lipinski definition) is 4. The van der Waals surface area contributed by atoms with Gasteiger partial charge in [0.2, 0.25) is 0 Å². The minimum atomic E-state index is -0.353. The van der Waals surface area contributed by atoms with Gasteiger partial charge in [0.25, 0.3) is 17.7 Å². The highest BCUT2D eigenvalue weighted by Gasteiger charge is 2.38. The van der Waals surface area contributed by atoms with Crippen molar-refractivity contribution in [1.82, 2.24) is 9.80 Å². The maximum Gasteiger partial charge on any atom is 0.261 e. The van der Waals surface area contributed by atoms with E-state index in [1.165, 1.54) is 4.90 Å². The van der Waals surface area contributed by atoms with E-state index >= 15 is 0 Å². The summed E-state index contributed by atoms with van der Waals surface area (Å²) in [5.74, 6) is -0.829. The molecule has 0 bridgehead atoms. The fourth-order valence-electron chi connectivity index (χ4n) is 4.73. The first-order valence-corrected chi connectivity index (χ1v) is 12.1. The number of ether oxygens (including phenoxy) is 1. The smallest absolute Gasteiger partial charge is 0.261 e. The van der Waals surface area contributed by atoms with Gasteiger partial charge in [0.1, 0.15) is 0 Å². The molecule has 3 amide bonds. The zero-order valence-electron chi connectivity index (χ0n) is 19.6. The van der Waals surface area contributed by atoms with Gasteiger partial charge < -0.3 is 9.64 Å². The third-order valence-electron chi connectivity index (χ3n) is 6.64. The van der Waals surface area contributed by atoms with E-state index in [9.17, 15) is 14.4 Å². The Morgan fingerprint density at radius 2 is 1.57 bits per heavy atom. The van der Waals surface area contributed by atoms with Crippen LogP contribution in [0.25, 0.3) is 0 Å². The number of rotatable bonds is 8. The largest absolute Gasteiger partial charge is 0.376 e. The van der Waals surface area contributed by atoms with Gasteiger partial charge in [-0.1, -0.05) is 60.7 Å². The number of fused-ring (bicyclic) bond motifs is 1. The van der Waals surface area contributed by atoms with E-state index in [0.717, 1.165) is 30.4 Å². The predicted octanol–water partition coefficient (Wildman–Crippen LogP) is 4.35. The maximum atomic E-state index is 13.6. The SMILES string of the molecule is O=C(c1ccc2c(c1)C(=O)N(CC1CCCO1)C2=O)N(CCc1ccccc1)Cc1ccccc1. The Hall–Kier alpha value is -3.77. The van der Waals surface area contributed by atoms with Crippen LogP contribution in [0.3, 0.4) is 0 Å². The van der Waals surface area contributed by atoms with Gasteiger partial charge in [0, 0.05) is 25.3 Å². The Bertz CT molecular complexity index is 1220. The predicted molar refractivity (Wildman–Crippen MR) is 132 cm³/mol. The van der Waals surface area contributed by atoms with Crippen molar-refractivity contribution in [3.63, 3.8) is 0 Å². The monoisotopic (exact) mass is 468 g/mol. The highest BCUT2D eigenvalue weighted by molar-refractivity contribution is 6.22. The molecule has 178 valence electrons. The van der Waals surface area contributed by atoms with Crippen molar-refractivity contribution < 1.29 is 19.1 Å². The van der Waals surface area contributed by atoms with Crippen LogP contribution < -0.4 is 0 Å². The number of amides is 3. The molecule has 6 heteroatoms. The van der Waals surface area contributed by atoms with Crippen LogP contribution >= 0.6 is 0 Å². The number of carbonyl (C=O) groups is 3. The summed E-state index contributed by atoms with van der Waals surface area (Å²) < 4.78 is 5.62. The lowest BCUT2D eigenvalue weighted by Crippen LogP contribution is -2.36. The van der Waals surface area contributed by atoms with Crippen molar-refractivity contribution in [2.24, 2.45) is 0 Å². The molecule has 1 saturated heterocycles. The maximum absolute atomic E-state index is 13.6. The molecule has 35 heavy (non-hydrogen) atoms. The van der Waals surface area contributed by atoms with Crippen molar-refractivity contribution >= 4 is 17.7 Å². The van der Waals surface area contributed by atoms with Gasteiger partial charge in [-0.3, -0.25) is 19.3 Å². The second-order valence-corrected chi connectivity index (χ2v) is 9.06. The molecule has 0 aromatic heterocycles. The number of imide groups is 1. The minimum Gasteiger partial charge on any atom is -0.376 e. The third-order valence-corrected chi connectivity index (χ3v) is 6.64. The Morgan fingerprint density at radius 3 is 2.26 bits per heavy atom. The lowest BCUT2D eigenvalue weighted by Gasteiger charge is -2.23. The molecule has 0 radical (unpaired) electrons. The molecule has 1 atom stereocenters. The van der Waals surface area contributed by atoms with E-state index in [2.05, 4.69) is 0 Å². The van der Waals surface area contributed by atoms with Crippen LogP contribution in [0, 0.1) is 0 Å². The third kappa shape index (κ3) is 5.03. The number of nitrogens with zero attached hydrogens (tertiary/aromatic N) is 2. The molecule has 5 rings (SSSR count). The van der Waals surface area contributed by atoms with E-state index in [0.29, 0.717) is 36.4 Å². The summed E-state index contributed by atoms with van der Waals surface area (Å²) in [6.45, 7) is 1.91. The Labute approximate surface area is 205 Å². The number of carbonyl (C=O) groups excluding carboxylic acids is 3. The van der Waals surface area contributed by atoms with Gasteiger partial charge in [0.05, 0.1) is 23.8 Å². The first-order valence-electron chi connectivity index (χ1n) is 12.1. The molecule has 2 aliphatic heterocycles. The fraction of sp³-hybridized carbons (Fsp3) is 0.276. The van der Waals surface area contributed by atoms with Crippen molar-refractivity contribution in [3.8, 4) is 0 Å². The van der Waals surface area contributed by atoms with E-state index < -0.39 is 0 Å². The summed E-state index contributed by atoms with van der Waals surface area (Å²) in [7, 11) is 0. The topological polar surface area (TPSA) is 66.9 Å². The molecule has 1 unspecified atom stereocenters. The van der Waals surface area contributed by atoms with Crippen LogP contribution in [-0.2, 0) is 17.7 Å². The second kappa shape index (κ2) is 10.2. The zero-order chi connectivity index (χ0) is 24.2. The lowest BCUT2D eigenvalue weighted by atomic mass is 10.0. The van der Waals surface area contributed by atoms with Crippen LogP contribution in [0.4, 0.5) is 0 Å². The van der Waals surface area contributed by atoms with Crippen LogP contribution in [0.15, 0.2) is 78.9 Å². The average Bonchev–Trinajstić information content (AvgIpc) is 3.50. The number of benzene rings is 3. The molecule has 3 aromatic carbocycles. The van der Waals surface area contributed by atoms with Gasteiger partial charge in [0.15, 0.2) is 0 Å². The van der Waals surface area contributed by atoms with Crippen LogP contribution in [-0.4, -0.2) is 53.3 Å². The van der Waals surface area contributed by atoms with Gasteiger partial charge in [-0.2, -0.15) is 0 Å². The Kier molecular flexibility index (Phi) is 6.73. The fourth-order valence-corrected chi connectivity index (χ4v) is 4.73. The molecule has 1 fully saturated rings. The Balaban J connectivity index is 1.37. The second-order valence-electron chi connectivity index (χ2n) is 9.06. The summed E-state index contributed by atoms with van der Waals surface area (Å²) in [5, 5.41) is 0. The molecular weight excluding hydrogens is 440 g/mol. The quantitative estimate of drug-likeness (QED) is 0.461. The summed E-state index contributed by atoms with van der Waals surface area (Å²) in [6.07, 6.45) is 2.38. The normalized spacial score (nSPS) is 17.0. The molecule has 0 spiro atoms. The molecule has 6 nitrogen and oxygen atoms in total. The molecule has 3 aromatic rings. The highest BCUT2D eigenvalue weighted by Crippen LogP contribution is 2.27. The summed E-state index contributed by atoms with van der Waals surface area (Å²) >= 11 is 0. The molecule has 0 aliphatic carbocycles. The lowest BCUT2D eigenvalue weighted by molar-refractivity contribution is 0.0475. The summed E-state index contributed by atoms with van der Waals surface area (Å²) in [6, 6.07) is 24.7. The van der Waals surface area contributed by atoms with E-state index in [1.807, 2.05) is 60.7 Å². The molecule has 0 saturated carbocycles. The molecular formula is C29H28N2O4. The standard InChI is InChI=1S/C29H28N2O4/c32-27(30(19-22-10-5-2-6-11-22)16-15-21-8-3-1-4-9-21)23-13-14-25-26(18-23)29(34)31(28(25)33)20-24-12-7-17-35-24/h1-6,8-11,13-14,18,24H,7,12,15-17,19-20H2. The van der Waals surface area contributed by atoms with E-state index in [-0.39, 0.29) is 30.4 Å². The van der Waals surface area contributed by atoms with Gasteiger partial charge in [-0.05, 0) is 48.6 Å². The first kappa shape index (κ1) is 23.0. The molecule has 0 N–H and O–H groups in total. The summed E-state index contributed by atoms with van der Waals surface area (Å²) in [5.41, 5.74) is 3.24. The molecule has 2 heterocycles. The van der Waals surface area contributed by atoms with Crippen molar-refractivity contribution in [1.29, 1.82) is 0 Å². The van der Waals surface area contributed by atoms with E-state index in [4.69, 9.17) is 4.74 Å². The van der Waals surface area contributed by atoms with E-state index in [1.54, 1.807) is 23.1 Å². The van der Waals surface area contributed by atoms with Crippen LogP contribution in [0.5, 0.6) is 0 Å². The van der Waals surface area contributed by atoms with Crippen molar-refractivity contribution in [2.75, 3.05) is 19.7 Å². The van der Waals surface area contributed by atoms with Gasteiger partial charge in [-0.15, -0.1) is 0 Å². The van der Waals surface area contributed by atoms with Crippen molar-refractivity contribution in [2.45, 2.75) is 31.9 Å². The molecule has 2 aliphatic rings. The van der Waals surface area contributed by atoms with Crippen LogP contribution in [0.1, 0.15) is 55.0 Å². The van der Waals surface area contributed by atoms with Gasteiger partial charge >= 0.3 is 0 Å². The zero-order valence-corrected chi connectivity index (χ0v) is 19.6. The van der Waals surface area contributed by atoms with Crippen LogP contribution in [0.2, 0.25) is 0 Å². The average molecular weight is 469 g/mol. The summed E-state index contributed by atoms with van der Waals surface area (Å²) in [4.78, 5) is 42.6.